The number of carbonyl (C=O) groups is 2. The number of rotatable bonds is 4. The van der Waals surface area contributed by atoms with Crippen molar-refractivity contribution in [3.05, 3.63) is 53.2 Å². The van der Waals surface area contributed by atoms with Gasteiger partial charge in [-0.2, -0.15) is 23.5 Å². The van der Waals surface area contributed by atoms with Crippen LogP contribution in [0.25, 0.3) is 22.4 Å². The molecule has 0 aliphatic rings. The monoisotopic (exact) mass is 497 g/mol. The molecular formula is C18H10ClF6N3O5. The smallest absolute Gasteiger partial charge is 0.476 e. The minimum absolute atomic E-state index is 0.125. The second kappa shape index (κ2) is 9.77. The number of H-pyrrole nitrogens is 1. The van der Waals surface area contributed by atoms with Crippen LogP contribution in [-0.2, 0) is 4.79 Å². The molecule has 1 aromatic heterocycles. The van der Waals surface area contributed by atoms with Gasteiger partial charge in [0.2, 0.25) is 0 Å². The first-order chi connectivity index (χ1) is 15.2. The van der Waals surface area contributed by atoms with E-state index in [-0.39, 0.29) is 22.2 Å². The Labute approximate surface area is 184 Å². The minimum Gasteiger partial charge on any atom is -0.476 e. The zero-order valence-electron chi connectivity index (χ0n) is 15.7. The van der Waals surface area contributed by atoms with Crippen LogP contribution in [0, 0.1) is 0 Å². The molecule has 0 spiro atoms. The summed E-state index contributed by atoms with van der Waals surface area (Å²) in [4.78, 5) is 20.0. The molecule has 0 fully saturated rings. The number of hydrogen-bond acceptors (Lipinski definition) is 5. The molecule has 0 aliphatic heterocycles. The largest absolute Gasteiger partial charge is 0.573 e. The van der Waals surface area contributed by atoms with Gasteiger partial charge in [-0.3, -0.25) is 0 Å². The molecule has 33 heavy (non-hydrogen) atoms. The van der Waals surface area contributed by atoms with Crippen LogP contribution in [0.15, 0.2) is 42.5 Å². The van der Waals surface area contributed by atoms with Gasteiger partial charge in [-0.25, -0.2) is 9.59 Å². The maximum Gasteiger partial charge on any atom is 0.573 e. The van der Waals surface area contributed by atoms with Crippen molar-refractivity contribution in [2.45, 2.75) is 12.5 Å². The molecule has 1 heterocycles. The van der Waals surface area contributed by atoms with Crippen molar-refractivity contribution < 1.29 is 50.9 Å². The van der Waals surface area contributed by atoms with Crippen molar-refractivity contribution in [3.63, 3.8) is 0 Å². The van der Waals surface area contributed by atoms with Crippen LogP contribution in [-0.4, -0.2) is 50.1 Å². The lowest BCUT2D eigenvalue weighted by atomic mass is 10.0. The molecule has 8 nitrogen and oxygen atoms in total. The summed E-state index contributed by atoms with van der Waals surface area (Å²) in [5.74, 6) is -4.34. The van der Waals surface area contributed by atoms with Gasteiger partial charge in [-0.15, -0.1) is 18.3 Å². The van der Waals surface area contributed by atoms with E-state index in [2.05, 4.69) is 20.1 Å². The molecule has 0 saturated heterocycles. The molecule has 0 atom stereocenters. The highest BCUT2D eigenvalue weighted by molar-refractivity contribution is 6.33. The molecule has 3 rings (SSSR count). The molecule has 0 aliphatic carbocycles. The van der Waals surface area contributed by atoms with E-state index in [0.29, 0.717) is 16.7 Å². The summed E-state index contributed by atoms with van der Waals surface area (Å²) in [7, 11) is 0. The lowest BCUT2D eigenvalue weighted by Crippen LogP contribution is -2.21. The van der Waals surface area contributed by atoms with E-state index in [4.69, 9.17) is 26.6 Å². The molecule has 0 bridgehead atoms. The third kappa shape index (κ3) is 7.10. The number of aromatic amines is 1. The van der Waals surface area contributed by atoms with Crippen LogP contribution in [0.5, 0.6) is 5.75 Å². The topological polar surface area (TPSA) is 125 Å². The minimum atomic E-state index is -5.08. The number of carboxylic acids is 2. The van der Waals surface area contributed by atoms with Crippen molar-refractivity contribution in [3.8, 4) is 28.1 Å². The Morgan fingerprint density at radius 3 is 1.91 bits per heavy atom. The highest BCUT2D eigenvalue weighted by atomic mass is 35.5. The second-order valence-electron chi connectivity index (χ2n) is 5.90. The fourth-order valence-electron chi connectivity index (χ4n) is 2.31. The van der Waals surface area contributed by atoms with E-state index in [1.165, 1.54) is 30.3 Å². The highest BCUT2D eigenvalue weighted by Gasteiger charge is 2.38. The number of hydrogen-bond donors (Lipinski definition) is 3. The number of ether oxygens (including phenoxy) is 1. The third-order valence-electron chi connectivity index (χ3n) is 3.63. The Morgan fingerprint density at radius 1 is 0.909 bits per heavy atom. The number of halogens is 7. The van der Waals surface area contributed by atoms with Crippen molar-refractivity contribution in [1.82, 2.24) is 15.4 Å². The van der Waals surface area contributed by atoms with Crippen LogP contribution in [0.2, 0.25) is 5.02 Å². The Kier molecular flexibility index (Phi) is 7.53. The molecular weight excluding hydrogens is 488 g/mol. The SMILES string of the molecule is O=C(O)C(F)(F)F.O=C(O)c1n[nH]nc1-c1ccc(-c2ccc(OC(F)(F)F)cc2)c(Cl)c1. The third-order valence-corrected chi connectivity index (χ3v) is 3.95. The van der Waals surface area contributed by atoms with Crippen LogP contribution < -0.4 is 4.74 Å². The molecule has 176 valence electrons. The highest BCUT2D eigenvalue weighted by Crippen LogP contribution is 2.34. The van der Waals surface area contributed by atoms with Gasteiger partial charge in [0, 0.05) is 16.1 Å². The van der Waals surface area contributed by atoms with E-state index in [9.17, 15) is 31.1 Å². The molecule has 15 heteroatoms. The van der Waals surface area contributed by atoms with Crippen LogP contribution in [0.3, 0.4) is 0 Å². The van der Waals surface area contributed by atoms with Gasteiger partial charge in [0.15, 0.2) is 5.69 Å². The summed E-state index contributed by atoms with van der Waals surface area (Å²) in [5, 5.41) is 26.1. The lowest BCUT2D eigenvalue weighted by molar-refractivity contribution is -0.274. The summed E-state index contributed by atoms with van der Waals surface area (Å²) >= 11 is 6.24. The van der Waals surface area contributed by atoms with Gasteiger partial charge in [0.05, 0.1) is 0 Å². The number of aromatic nitrogens is 3. The Balaban J connectivity index is 0.000000479. The molecule has 0 amide bonds. The Bertz CT molecular complexity index is 1150. The predicted molar refractivity (Wildman–Crippen MR) is 99.6 cm³/mol. The quantitative estimate of drug-likeness (QED) is 0.432. The number of nitrogens with one attached hydrogen (secondary N) is 1. The van der Waals surface area contributed by atoms with Crippen molar-refractivity contribution in [1.29, 1.82) is 0 Å². The summed E-state index contributed by atoms with van der Waals surface area (Å²) in [5.41, 5.74) is 1.42. The number of aromatic carboxylic acids is 1. The molecule has 0 unspecified atom stereocenters. The maximum atomic E-state index is 12.2. The van der Waals surface area contributed by atoms with E-state index in [0.717, 1.165) is 0 Å². The summed E-state index contributed by atoms with van der Waals surface area (Å²) in [6.07, 6.45) is -9.85. The zero-order chi connectivity index (χ0) is 25.0. The normalized spacial score (nSPS) is 11.4. The van der Waals surface area contributed by atoms with E-state index >= 15 is 0 Å². The number of alkyl halides is 6. The van der Waals surface area contributed by atoms with Crippen LogP contribution in [0.4, 0.5) is 26.3 Å². The number of benzene rings is 2. The Hall–Kier alpha value is -3.81. The van der Waals surface area contributed by atoms with Crippen molar-refractivity contribution in [2.24, 2.45) is 0 Å². The van der Waals surface area contributed by atoms with Gasteiger partial charge in [0.25, 0.3) is 0 Å². The molecule has 0 radical (unpaired) electrons. The van der Waals surface area contributed by atoms with Crippen LogP contribution >= 0.6 is 11.6 Å². The molecule has 3 aromatic rings. The van der Waals surface area contributed by atoms with Gasteiger partial charge < -0.3 is 14.9 Å². The van der Waals surface area contributed by atoms with Gasteiger partial charge in [0.1, 0.15) is 11.4 Å². The average molecular weight is 498 g/mol. The first-order valence-electron chi connectivity index (χ1n) is 8.29. The Morgan fingerprint density at radius 2 is 1.45 bits per heavy atom. The fourth-order valence-corrected chi connectivity index (χ4v) is 2.60. The van der Waals surface area contributed by atoms with E-state index < -0.39 is 24.5 Å². The number of carboxylic acid groups (broad SMARTS) is 2. The van der Waals surface area contributed by atoms with Gasteiger partial charge >= 0.3 is 24.5 Å². The summed E-state index contributed by atoms with van der Waals surface area (Å²) in [6, 6.07) is 9.91. The fraction of sp³-hybridized carbons (Fsp3) is 0.111. The predicted octanol–water partition coefficient (Wildman–Crippen LogP) is 5.02. The number of aliphatic carboxylic acids is 1. The van der Waals surface area contributed by atoms with E-state index in [1.807, 2.05) is 0 Å². The van der Waals surface area contributed by atoms with Gasteiger partial charge in [-0.1, -0.05) is 35.9 Å². The lowest BCUT2D eigenvalue weighted by Gasteiger charge is -2.10. The van der Waals surface area contributed by atoms with E-state index in [1.54, 1.807) is 12.1 Å². The summed E-state index contributed by atoms with van der Waals surface area (Å²) in [6.45, 7) is 0. The maximum absolute atomic E-state index is 12.2. The molecule has 2 aromatic carbocycles. The second-order valence-corrected chi connectivity index (χ2v) is 6.30. The standard InChI is InChI=1S/C16H9ClF3N3O3.C2HF3O2/c17-12-7-9(13-14(15(24)25)22-23-21-13)3-6-11(12)8-1-4-10(5-2-8)26-16(18,19)20;3-2(4,5)1(6)7/h1-7H,(H,24,25)(H,21,22,23);(H,6,7). The average Bonchev–Trinajstić information content (AvgIpc) is 3.17. The summed E-state index contributed by atoms with van der Waals surface area (Å²) < 4.78 is 72.2. The number of nitrogens with zero attached hydrogens (tertiary/aromatic N) is 2. The first-order valence-corrected chi connectivity index (χ1v) is 8.67. The zero-order valence-corrected chi connectivity index (χ0v) is 16.5. The molecule has 3 N–H and O–H groups in total. The van der Waals surface area contributed by atoms with Crippen molar-refractivity contribution in [2.75, 3.05) is 0 Å². The molecule has 0 saturated carbocycles. The van der Waals surface area contributed by atoms with Crippen LogP contribution in [0.1, 0.15) is 10.5 Å². The van der Waals surface area contributed by atoms with Gasteiger partial charge in [-0.05, 0) is 23.8 Å². The van der Waals surface area contributed by atoms with Crippen molar-refractivity contribution >= 4 is 23.5 Å². The first kappa shape index (κ1) is 25.5.